The Labute approximate surface area is 142 Å². The molecule has 7 heteroatoms. The van der Waals surface area contributed by atoms with E-state index >= 15 is 0 Å². The second-order valence-electron chi connectivity index (χ2n) is 5.65. The summed E-state index contributed by atoms with van der Waals surface area (Å²) in [5.74, 6) is 0.711. The van der Waals surface area contributed by atoms with Gasteiger partial charge in [0.2, 0.25) is 0 Å². The van der Waals surface area contributed by atoms with Crippen LogP contribution in [0.15, 0.2) is 67.4 Å². The van der Waals surface area contributed by atoms with Gasteiger partial charge in [-0.3, -0.25) is 10.1 Å². The van der Waals surface area contributed by atoms with Gasteiger partial charge in [0.1, 0.15) is 18.2 Å². The summed E-state index contributed by atoms with van der Waals surface area (Å²) in [5.41, 5.74) is 3.66. The first-order valence-corrected chi connectivity index (χ1v) is 7.82. The van der Waals surface area contributed by atoms with Gasteiger partial charge in [-0.25, -0.2) is 9.67 Å². The Morgan fingerprint density at radius 3 is 2.96 bits per heavy atom. The Bertz CT molecular complexity index is 1170. The third-order valence-electron chi connectivity index (χ3n) is 4.11. The van der Waals surface area contributed by atoms with Crippen molar-refractivity contribution in [3.63, 3.8) is 0 Å². The first kappa shape index (κ1) is 13.7. The zero-order valence-electron chi connectivity index (χ0n) is 13.1. The SMILES string of the molecule is c1cc(-n2cncn2)c2ccc(Nc3n[nH]c4cccnc34)cc2c1. The molecule has 0 saturated heterocycles. The van der Waals surface area contributed by atoms with Crippen LogP contribution in [0.5, 0.6) is 0 Å². The summed E-state index contributed by atoms with van der Waals surface area (Å²) in [6.07, 6.45) is 4.99. The zero-order chi connectivity index (χ0) is 16.6. The van der Waals surface area contributed by atoms with Crippen molar-refractivity contribution in [1.29, 1.82) is 0 Å². The van der Waals surface area contributed by atoms with Crippen LogP contribution in [0.2, 0.25) is 0 Å². The van der Waals surface area contributed by atoms with Gasteiger partial charge >= 0.3 is 0 Å². The van der Waals surface area contributed by atoms with Crippen LogP contribution in [0.3, 0.4) is 0 Å². The van der Waals surface area contributed by atoms with E-state index in [2.05, 4.69) is 48.8 Å². The van der Waals surface area contributed by atoms with Crippen LogP contribution in [-0.4, -0.2) is 29.9 Å². The molecule has 3 aromatic heterocycles. The lowest BCUT2D eigenvalue weighted by molar-refractivity contribution is 0.886. The van der Waals surface area contributed by atoms with Crippen LogP contribution in [-0.2, 0) is 0 Å². The maximum absolute atomic E-state index is 4.37. The van der Waals surface area contributed by atoms with Gasteiger partial charge in [-0.1, -0.05) is 18.2 Å². The minimum atomic E-state index is 0.711. The van der Waals surface area contributed by atoms with E-state index in [0.717, 1.165) is 33.2 Å². The highest BCUT2D eigenvalue weighted by Gasteiger charge is 2.08. The molecule has 0 bridgehead atoms. The number of hydrogen-bond donors (Lipinski definition) is 2. The van der Waals surface area contributed by atoms with Crippen LogP contribution in [0.4, 0.5) is 11.5 Å². The van der Waals surface area contributed by atoms with E-state index in [4.69, 9.17) is 0 Å². The van der Waals surface area contributed by atoms with Crippen LogP contribution in [0.25, 0.3) is 27.5 Å². The topological polar surface area (TPSA) is 84.3 Å². The lowest BCUT2D eigenvalue weighted by atomic mass is 10.1. The van der Waals surface area contributed by atoms with Crippen molar-refractivity contribution in [3.8, 4) is 5.69 Å². The van der Waals surface area contributed by atoms with Crippen molar-refractivity contribution in [2.45, 2.75) is 0 Å². The predicted molar refractivity (Wildman–Crippen MR) is 96.0 cm³/mol. The molecule has 5 rings (SSSR count). The molecule has 0 aliphatic carbocycles. The highest BCUT2D eigenvalue weighted by Crippen LogP contribution is 2.27. The fraction of sp³-hybridized carbons (Fsp3) is 0. The molecular weight excluding hydrogens is 314 g/mol. The van der Waals surface area contributed by atoms with Crippen molar-refractivity contribution in [2.75, 3.05) is 5.32 Å². The average molecular weight is 327 g/mol. The molecule has 5 aromatic rings. The maximum atomic E-state index is 4.37. The zero-order valence-corrected chi connectivity index (χ0v) is 13.1. The molecule has 2 aromatic carbocycles. The summed E-state index contributed by atoms with van der Waals surface area (Å²) < 4.78 is 1.76. The molecule has 0 saturated carbocycles. The smallest absolute Gasteiger partial charge is 0.178 e. The highest BCUT2D eigenvalue weighted by molar-refractivity contribution is 5.94. The number of fused-ring (bicyclic) bond motifs is 2. The molecule has 25 heavy (non-hydrogen) atoms. The normalized spacial score (nSPS) is 11.2. The van der Waals surface area contributed by atoms with Gasteiger partial charge in [0.15, 0.2) is 5.82 Å². The second kappa shape index (κ2) is 5.41. The third-order valence-corrected chi connectivity index (χ3v) is 4.11. The Balaban J connectivity index is 1.57. The molecular formula is C18H13N7. The Kier molecular flexibility index (Phi) is 2.96. The monoisotopic (exact) mass is 327 g/mol. The molecule has 0 radical (unpaired) electrons. The number of nitrogens with one attached hydrogen (secondary N) is 2. The number of anilines is 2. The molecule has 0 aliphatic heterocycles. The highest BCUT2D eigenvalue weighted by atomic mass is 15.3. The predicted octanol–water partition coefficient (Wildman–Crippen LogP) is 3.44. The van der Waals surface area contributed by atoms with Gasteiger partial charge in [0, 0.05) is 17.3 Å². The van der Waals surface area contributed by atoms with Crippen molar-refractivity contribution >= 4 is 33.3 Å². The summed E-state index contributed by atoms with van der Waals surface area (Å²) in [6, 6.07) is 16.1. The third kappa shape index (κ3) is 2.29. The van der Waals surface area contributed by atoms with Crippen molar-refractivity contribution in [2.24, 2.45) is 0 Å². The molecule has 2 N–H and O–H groups in total. The number of hydrogen-bond acceptors (Lipinski definition) is 5. The standard InChI is InChI=1S/C18H13N7/c1-3-12-9-13(22-18-17-15(23-24-18)4-2-8-20-17)6-7-14(12)16(5-1)25-11-19-10-21-25/h1-11H,(H2,22,23,24). The van der Waals surface area contributed by atoms with Crippen LogP contribution >= 0.6 is 0 Å². The van der Waals surface area contributed by atoms with Gasteiger partial charge in [-0.05, 0) is 35.7 Å². The average Bonchev–Trinajstić information content (AvgIpc) is 3.32. The Morgan fingerprint density at radius 2 is 2.04 bits per heavy atom. The van der Waals surface area contributed by atoms with E-state index in [9.17, 15) is 0 Å². The minimum absolute atomic E-state index is 0.711. The molecule has 0 unspecified atom stereocenters. The van der Waals surface area contributed by atoms with Crippen LogP contribution in [0.1, 0.15) is 0 Å². The van der Waals surface area contributed by atoms with E-state index in [1.54, 1.807) is 17.2 Å². The first-order chi connectivity index (χ1) is 12.4. The quantitative estimate of drug-likeness (QED) is 0.530. The summed E-state index contributed by atoms with van der Waals surface area (Å²) in [5, 5.41) is 17.0. The van der Waals surface area contributed by atoms with Crippen molar-refractivity contribution in [3.05, 3.63) is 67.4 Å². The molecule has 0 amide bonds. The lowest BCUT2D eigenvalue weighted by Crippen LogP contribution is -1.96. The van der Waals surface area contributed by atoms with Gasteiger partial charge in [0.25, 0.3) is 0 Å². The summed E-state index contributed by atoms with van der Waals surface area (Å²) in [6.45, 7) is 0. The number of pyridine rings is 1. The maximum Gasteiger partial charge on any atom is 0.178 e. The first-order valence-electron chi connectivity index (χ1n) is 7.82. The number of rotatable bonds is 3. The largest absolute Gasteiger partial charge is 0.337 e. The fourth-order valence-electron chi connectivity index (χ4n) is 2.95. The number of benzene rings is 2. The van der Waals surface area contributed by atoms with Crippen molar-refractivity contribution < 1.29 is 0 Å². The molecule has 0 aliphatic rings. The van der Waals surface area contributed by atoms with Gasteiger partial charge < -0.3 is 5.32 Å². The Morgan fingerprint density at radius 1 is 1.04 bits per heavy atom. The molecule has 120 valence electrons. The summed E-state index contributed by atoms with van der Waals surface area (Å²) in [7, 11) is 0. The van der Waals surface area contributed by atoms with Gasteiger partial charge in [-0.15, -0.1) is 0 Å². The number of aromatic amines is 1. The van der Waals surface area contributed by atoms with E-state index in [1.165, 1.54) is 6.33 Å². The van der Waals surface area contributed by atoms with Gasteiger partial charge in [0.05, 0.1) is 11.2 Å². The second-order valence-corrected chi connectivity index (χ2v) is 5.65. The molecule has 7 nitrogen and oxygen atoms in total. The Hall–Kier alpha value is -3.74. The lowest BCUT2D eigenvalue weighted by Gasteiger charge is -2.09. The van der Waals surface area contributed by atoms with E-state index in [1.807, 2.05) is 30.3 Å². The number of nitrogens with zero attached hydrogens (tertiary/aromatic N) is 5. The summed E-state index contributed by atoms with van der Waals surface area (Å²) in [4.78, 5) is 8.40. The van der Waals surface area contributed by atoms with Crippen molar-refractivity contribution in [1.82, 2.24) is 29.9 Å². The van der Waals surface area contributed by atoms with Gasteiger partial charge in [-0.2, -0.15) is 10.2 Å². The van der Waals surface area contributed by atoms with E-state index < -0.39 is 0 Å². The summed E-state index contributed by atoms with van der Waals surface area (Å²) >= 11 is 0. The minimum Gasteiger partial charge on any atom is -0.337 e. The fourth-order valence-corrected chi connectivity index (χ4v) is 2.95. The molecule has 0 spiro atoms. The molecule has 0 atom stereocenters. The molecule has 3 heterocycles. The molecule has 0 fully saturated rings. The van der Waals surface area contributed by atoms with Crippen LogP contribution < -0.4 is 5.32 Å². The number of H-pyrrole nitrogens is 1. The number of aromatic nitrogens is 6. The van der Waals surface area contributed by atoms with E-state index in [-0.39, 0.29) is 0 Å². The van der Waals surface area contributed by atoms with E-state index in [0.29, 0.717) is 5.82 Å². The van der Waals surface area contributed by atoms with Crippen LogP contribution in [0, 0.1) is 0 Å².